The predicted molar refractivity (Wildman–Crippen MR) is 65.3 cm³/mol. The first-order valence-corrected chi connectivity index (χ1v) is 6.21. The summed E-state index contributed by atoms with van der Waals surface area (Å²) in [7, 11) is 1.79. The molecule has 0 spiro atoms. The molecule has 1 unspecified atom stereocenters. The van der Waals surface area contributed by atoms with Gasteiger partial charge in [0.25, 0.3) is 0 Å². The van der Waals surface area contributed by atoms with Crippen molar-refractivity contribution in [3.05, 3.63) is 29.8 Å². The third kappa shape index (κ3) is 2.61. The van der Waals surface area contributed by atoms with Crippen LogP contribution in [0.3, 0.4) is 0 Å². The number of rotatable bonds is 3. The number of carboxylic acids is 1. The van der Waals surface area contributed by atoms with Crippen LogP contribution in [0, 0.1) is 0 Å². The van der Waals surface area contributed by atoms with E-state index < -0.39 is 5.97 Å². The van der Waals surface area contributed by atoms with Gasteiger partial charge < -0.3 is 10.0 Å². The van der Waals surface area contributed by atoms with Crippen LogP contribution in [0.1, 0.15) is 16.8 Å². The van der Waals surface area contributed by atoms with Crippen LogP contribution in [0.5, 0.6) is 0 Å². The molecule has 1 aliphatic heterocycles. The van der Waals surface area contributed by atoms with Crippen LogP contribution in [-0.4, -0.2) is 40.7 Å². The topological polar surface area (TPSA) is 57.6 Å². The average molecular weight is 251 g/mol. The summed E-state index contributed by atoms with van der Waals surface area (Å²) in [5, 5.41) is 8.80. The third-order valence-corrected chi connectivity index (χ3v) is 3.99. The molecule has 0 radical (unpaired) electrons. The zero-order valence-electron chi connectivity index (χ0n) is 9.42. The molecule has 1 amide bonds. The van der Waals surface area contributed by atoms with Crippen LogP contribution in [-0.2, 0) is 4.79 Å². The highest BCUT2D eigenvalue weighted by molar-refractivity contribution is 8.00. The highest BCUT2D eigenvalue weighted by Gasteiger charge is 2.29. The maximum Gasteiger partial charge on any atom is 0.335 e. The Morgan fingerprint density at radius 1 is 1.53 bits per heavy atom. The summed E-state index contributed by atoms with van der Waals surface area (Å²) in [5.41, 5.74) is 0.258. The predicted octanol–water partition coefficient (Wildman–Crippen LogP) is 1.71. The zero-order valence-corrected chi connectivity index (χ0v) is 10.2. The minimum absolute atomic E-state index is 0.0796. The molecule has 1 N–H and O–H groups in total. The van der Waals surface area contributed by atoms with Crippen molar-refractivity contribution >= 4 is 23.6 Å². The molecular weight excluding hydrogens is 238 g/mol. The van der Waals surface area contributed by atoms with Gasteiger partial charge in [-0.2, -0.15) is 0 Å². The van der Waals surface area contributed by atoms with Gasteiger partial charge >= 0.3 is 5.97 Å². The summed E-state index contributed by atoms with van der Waals surface area (Å²) >= 11 is 1.44. The van der Waals surface area contributed by atoms with Gasteiger partial charge in [-0.1, -0.05) is 6.07 Å². The summed E-state index contributed by atoms with van der Waals surface area (Å²) < 4.78 is 0. The van der Waals surface area contributed by atoms with Crippen LogP contribution in [0.2, 0.25) is 0 Å². The van der Waals surface area contributed by atoms with Gasteiger partial charge in [0.2, 0.25) is 5.91 Å². The van der Waals surface area contributed by atoms with Crippen LogP contribution < -0.4 is 0 Å². The van der Waals surface area contributed by atoms with E-state index in [0.717, 1.165) is 17.9 Å². The molecular formula is C12H13NO3S. The van der Waals surface area contributed by atoms with Crippen molar-refractivity contribution < 1.29 is 14.7 Å². The Morgan fingerprint density at radius 3 is 2.88 bits per heavy atom. The molecule has 1 fully saturated rings. The molecule has 1 atom stereocenters. The lowest BCUT2D eigenvalue weighted by Gasteiger charge is -2.10. The summed E-state index contributed by atoms with van der Waals surface area (Å²) in [6, 6.07) is 6.70. The molecule has 0 aliphatic carbocycles. The second-order valence-electron chi connectivity index (χ2n) is 3.99. The number of hydrogen-bond donors (Lipinski definition) is 1. The Labute approximate surface area is 104 Å². The number of hydrogen-bond acceptors (Lipinski definition) is 3. The first kappa shape index (κ1) is 12.0. The number of benzene rings is 1. The van der Waals surface area contributed by atoms with Crippen molar-refractivity contribution in [1.29, 1.82) is 0 Å². The van der Waals surface area contributed by atoms with Crippen LogP contribution >= 0.6 is 11.8 Å². The Kier molecular flexibility index (Phi) is 3.38. The zero-order chi connectivity index (χ0) is 12.4. The van der Waals surface area contributed by atoms with E-state index in [0.29, 0.717) is 0 Å². The molecule has 0 aromatic heterocycles. The van der Waals surface area contributed by atoms with Gasteiger partial charge in [-0.25, -0.2) is 4.79 Å². The SMILES string of the molecule is CN1CCC(Sc2cccc(C(=O)O)c2)C1=O. The Hall–Kier alpha value is -1.49. The molecule has 1 aromatic carbocycles. The van der Waals surface area contributed by atoms with E-state index in [4.69, 9.17) is 5.11 Å². The minimum atomic E-state index is -0.942. The molecule has 0 saturated carbocycles. The van der Waals surface area contributed by atoms with Crippen molar-refractivity contribution in [3.8, 4) is 0 Å². The monoisotopic (exact) mass is 251 g/mol. The molecule has 1 aliphatic rings. The van der Waals surface area contributed by atoms with Crippen molar-refractivity contribution in [2.75, 3.05) is 13.6 Å². The van der Waals surface area contributed by atoms with Crippen LogP contribution in [0.25, 0.3) is 0 Å². The molecule has 5 heteroatoms. The van der Waals surface area contributed by atoms with E-state index in [9.17, 15) is 9.59 Å². The lowest BCUT2D eigenvalue weighted by Crippen LogP contribution is -2.23. The van der Waals surface area contributed by atoms with Gasteiger partial charge in [-0.3, -0.25) is 4.79 Å². The smallest absolute Gasteiger partial charge is 0.335 e. The quantitative estimate of drug-likeness (QED) is 0.888. The van der Waals surface area contributed by atoms with Crippen molar-refractivity contribution in [3.63, 3.8) is 0 Å². The lowest BCUT2D eigenvalue weighted by atomic mass is 10.2. The van der Waals surface area contributed by atoms with Gasteiger partial charge in [-0.15, -0.1) is 11.8 Å². The van der Waals surface area contributed by atoms with E-state index in [-0.39, 0.29) is 16.7 Å². The molecule has 1 heterocycles. The lowest BCUT2D eigenvalue weighted by molar-refractivity contribution is -0.126. The fourth-order valence-electron chi connectivity index (χ4n) is 1.77. The number of amides is 1. The van der Waals surface area contributed by atoms with E-state index in [1.165, 1.54) is 11.8 Å². The third-order valence-electron chi connectivity index (χ3n) is 2.74. The molecule has 90 valence electrons. The second kappa shape index (κ2) is 4.79. The summed E-state index contributed by atoms with van der Waals surface area (Å²) in [5.74, 6) is -0.821. The summed E-state index contributed by atoms with van der Waals surface area (Å²) in [6.45, 7) is 0.773. The Bertz CT molecular complexity index is 461. The molecule has 17 heavy (non-hydrogen) atoms. The fraction of sp³-hybridized carbons (Fsp3) is 0.333. The van der Waals surface area contributed by atoms with Gasteiger partial charge in [0.1, 0.15) is 0 Å². The average Bonchev–Trinajstić information content (AvgIpc) is 2.61. The molecule has 1 aromatic rings. The highest BCUT2D eigenvalue weighted by Crippen LogP contribution is 2.30. The number of nitrogens with zero attached hydrogens (tertiary/aromatic N) is 1. The second-order valence-corrected chi connectivity index (χ2v) is 5.26. The number of carbonyl (C=O) groups is 2. The van der Waals surface area contributed by atoms with E-state index in [1.807, 2.05) is 6.07 Å². The largest absolute Gasteiger partial charge is 0.478 e. The molecule has 2 rings (SSSR count). The van der Waals surface area contributed by atoms with Gasteiger partial charge in [0, 0.05) is 18.5 Å². The minimum Gasteiger partial charge on any atom is -0.478 e. The van der Waals surface area contributed by atoms with E-state index >= 15 is 0 Å². The maximum atomic E-state index is 11.7. The standard InChI is InChI=1S/C12H13NO3S/c1-13-6-5-10(11(13)14)17-9-4-2-3-8(7-9)12(15)16/h2-4,7,10H,5-6H2,1H3,(H,15,16). The Morgan fingerprint density at radius 2 is 2.29 bits per heavy atom. The van der Waals surface area contributed by atoms with Crippen LogP contribution in [0.15, 0.2) is 29.2 Å². The number of carbonyl (C=O) groups excluding carboxylic acids is 1. The van der Waals surface area contributed by atoms with Crippen LogP contribution in [0.4, 0.5) is 0 Å². The maximum absolute atomic E-state index is 11.7. The normalized spacial score (nSPS) is 19.7. The number of aromatic carboxylic acids is 1. The molecule has 0 bridgehead atoms. The van der Waals surface area contributed by atoms with Crippen molar-refractivity contribution in [2.45, 2.75) is 16.6 Å². The first-order valence-electron chi connectivity index (χ1n) is 5.33. The molecule has 4 nitrogen and oxygen atoms in total. The van der Waals surface area contributed by atoms with Gasteiger partial charge in [0.05, 0.1) is 10.8 Å². The van der Waals surface area contributed by atoms with Crippen molar-refractivity contribution in [1.82, 2.24) is 4.90 Å². The summed E-state index contributed by atoms with van der Waals surface area (Å²) in [6.07, 6.45) is 0.817. The number of likely N-dealkylation sites (tertiary alicyclic amines) is 1. The number of thioether (sulfide) groups is 1. The van der Waals surface area contributed by atoms with Gasteiger partial charge in [-0.05, 0) is 24.6 Å². The van der Waals surface area contributed by atoms with E-state index in [2.05, 4.69) is 0 Å². The van der Waals surface area contributed by atoms with Gasteiger partial charge in [0.15, 0.2) is 0 Å². The molecule has 1 saturated heterocycles. The number of carboxylic acid groups (broad SMARTS) is 1. The van der Waals surface area contributed by atoms with Crippen molar-refractivity contribution in [2.24, 2.45) is 0 Å². The summed E-state index contributed by atoms with van der Waals surface area (Å²) in [4.78, 5) is 25.1. The van der Waals surface area contributed by atoms with E-state index in [1.54, 1.807) is 30.1 Å². The first-order chi connectivity index (χ1) is 8.08. The highest BCUT2D eigenvalue weighted by atomic mass is 32.2. The Balaban J connectivity index is 2.11. The fourth-order valence-corrected chi connectivity index (χ4v) is 2.95.